The third-order valence-electron chi connectivity index (χ3n) is 2.34. The SMILES string of the molecule is CC(C)N(C)c1ccc(Br)cc1CBr. The Hall–Kier alpha value is -0.0200. The highest BCUT2D eigenvalue weighted by Crippen LogP contribution is 2.26. The number of rotatable bonds is 3. The molecule has 1 rings (SSSR count). The summed E-state index contributed by atoms with van der Waals surface area (Å²) in [6, 6.07) is 6.92. The van der Waals surface area contributed by atoms with E-state index in [1.807, 2.05) is 0 Å². The zero-order valence-corrected chi connectivity index (χ0v) is 11.9. The Balaban J connectivity index is 3.07. The summed E-state index contributed by atoms with van der Waals surface area (Å²) in [5, 5.41) is 0.888. The van der Waals surface area contributed by atoms with Gasteiger partial charge in [-0.05, 0) is 37.6 Å². The van der Waals surface area contributed by atoms with Crippen LogP contribution in [0.4, 0.5) is 5.69 Å². The van der Waals surface area contributed by atoms with E-state index in [-0.39, 0.29) is 0 Å². The maximum atomic E-state index is 3.51. The average molecular weight is 321 g/mol. The standard InChI is InChI=1S/C11H15Br2N/c1-8(2)14(3)11-5-4-10(13)6-9(11)7-12/h4-6,8H,7H2,1-3H3. The highest BCUT2D eigenvalue weighted by atomic mass is 79.9. The van der Waals surface area contributed by atoms with Crippen LogP contribution in [0.15, 0.2) is 22.7 Å². The van der Waals surface area contributed by atoms with E-state index in [0.29, 0.717) is 6.04 Å². The zero-order valence-electron chi connectivity index (χ0n) is 8.72. The van der Waals surface area contributed by atoms with Crippen LogP contribution in [0.25, 0.3) is 0 Å². The average Bonchev–Trinajstić information content (AvgIpc) is 2.16. The zero-order chi connectivity index (χ0) is 10.7. The van der Waals surface area contributed by atoms with Crippen LogP contribution in [0.2, 0.25) is 0 Å². The minimum Gasteiger partial charge on any atom is -0.372 e. The number of hydrogen-bond donors (Lipinski definition) is 0. The first kappa shape index (κ1) is 12.1. The van der Waals surface area contributed by atoms with Gasteiger partial charge in [0.25, 0.3) is 0 Å². The lowest BCUT2D eigenvalue weighted by atomic mass is 10.1. The van der Waals surface area contributed by atoms with Crippen molar-refractivity contribution in [2.45, 2.75) is 25.2 Å². The molecule has 0 aromatic heterocycles. The van der Waals surface area contributed by atoms with Crippen LogP contribution in [0, 0.1) is 0 Å². The molecule has 3 heteroatoms. The van der Waals surface area contributed by atoms with Crippen LogP contribution in [0.5, 0.6) is 0 Å². The van der Waals surface area contributed by atoms with Gasteiger partial charge in [0.05, 0.1) is 0 Å². The molecule has 0 aliphatic heterocycles. The van der Waals surface area contributed by atoms with Crippen molar-refractivity contribution < 1.29 is 0 Å². The maximum absolute atomic E-state index is 3.51. The molecule has 0 fully saturated rings. The second kappa shape index (κ2) is 5.17. The summed E-state index contributed by atoms with van der Waals surface area (Å²) >= 11 is 7.00. The molecule has 0 aliphatic carbocycles. The van der Waals surface area contributed by atoms with E-state index in [1.54, 1.807) is 0 Å². The molecule has 0 heterocycles. The van der Waals surface area contributed by atoms with Gasteiger partial charge in [-0.1, -0.05) is 31.9 Å². The minimum atomic E-state index is 0.522. The van der Waals surface area contributed by atoms with Gasteiger partial charge in [0.1, 0.15) is 0 Å². The third-order valence-corrected chi connectivity index (χ3v) is 3.44. The van der Waals surface area contributed by atoms with Gasteiger partial charge in [-0.25, -0.2) is 0 Å². The molecule has 0 atom stereocenters. The Bertz CT molecular complexity index is 310. The number of alkyl halides is 1. The minimum absolute atomic E-state index is 0.522. The summed E-state index contributed by atoms with van der Waals surface area (Å²) in [5.74, 6) is 0. The second-order valence-electron chi connectivity index (χ2n) is 3.61. The molecule has 0 bridgehead atoms. The molecule has 78 valence electrons. The maximum Gasteiger partial charge on any atom is 0.0407 e. The molecule has 14 heavy (non-hydrogen) atoms. The van der Waals surface area contributed by atoms with Crippen LogP contribution < -0.4 is 4.90 Å². The highest BCUT2D eigenvalue weighted by molar-refractivity contribution is 9.10. The predicted octanol–water partition coefficient (Wildman–Crippen LogP) is 4.19. The van der Waals surface area contributed by atoms with Crippen molar-refractivity contribution >= 4 is 37.5 Å². The smallest absolute Gasteiger partial charge is 0.0407 e. The fourth-order valence-corrected chi connectivity index (χ4v) is 2.14. The first-order chi connectivity index (χ1) is 6.56. The fourth-order valence-electron chi connectivity index (χ4n) is 1.28. The lowest BCUT2D eigenvalue weighted by Crippen LogP contribution is -2.26. The summed E-state index contributed by atoms with van der Waals surface area (Å²) in [6.45, 7) is 4.39. The Labute approximate surface area is 103 Å². The van der Waals surface area contributed by atoms with Crippen LogP contribution in [-0.2, 0) is 5.33 Å². The van der Waals surface area contributed by atoms with Gasteiger partial charge < -0.3 is 4.90 Å². The quantitative estimate of drug-likeness (QED) is 0.755. The van der Waals surface area contributed by atoms with Gasteiger partial charge >= 0.3 is 0 Å². The van der Waals surface area contributed by atoms with Gasteiger partial charge in [-0.2, -0.15) is 0 Å². The summed E-state index contributed by atoms with van der Waals surface area (Å²) in [7, 11) is 2.13. The van der Waals surface area contributed by atoms with Crippen molar-refractivity contribution in [1.29, 1.82) is 0 Å². The number of anilines is 1. The topological polar surface area (TPSA) is 3.24 Å². The predicted molar refractivity (Wildman–Crippen MR) is 70.3 cm³/mol. The summed E-state index contributed by atoms with van der Waals surface area (Å²) in [5.41, 5.74) is 2.61. The highest BCUT2D eigenvalue weighted by Gasteiger charge is 2.09. The molecule has 1 nitrogen and oxygen atoms in total. The third kappa shape index (κ3) is 2.74. The molecule has 0 radical (unpaired) electrons. The first-order valence-electron chi connectivity index (χ1n) is 4.63. The largest absolute Gasteiger partial charge is 0.372 e. The second-order valence-corrected chi connectivity index (χ2v) is 5.09. The van der Waals surface area contributed by atoms with Gasteiger partial charge in [-0.3, -0.25) is 0 Å². The molecule has 0 saturated heterocycles. The number of nitrogens with zero attached hydrogens (tertiary/aromatic N) is 1. The number of hydrogen-bond acceptors (Lipinski definition) is 1. The van der Waals surface area contributed by atoms with Crippen molar-refractivity contribution in [2.75, 3.05) is 11.9 Å². The molecule has 0 saturated carbocycles. The van der Waals surface area contributed by atoms with Crippen LogP contribution in [0.1, 0.15) is 19.4 Å². The van der Waals surface area contributed by atoms with E-state index in [1.165, 1.54) is 11.3 Å². The van der Waals surface area contributed by atoms with Crippen LogP contribution in [0.3, 0.4) is 0 Å². The molecule has 1 aromatic carbocycles. The monoisotopic (exact) mass is 319 g/mol. The van der Waals surface area contributed by atoms with Gasteiger partial charge in [0.2, 0.25) is 0 Å². The van der Waals surface area contributed by atoms with E-state index < -0.39 is 0 Å². The van der Waals surface area contributed by atoms with Gasteiger partial charge in [0.15, 0.2) is 0 Å². The normalized spacial score (nSPS) is 10.7. The van der Waals surface area contributed by atoms with Crippen molar-refractivity contribution in [3.8, 4) is 0 Å². The molecule has 1 aromatic rings. The Morgan fingerprint density at radius 3 is 2.50 bits per heavy atom. The Kier molecular flexibility index (Phi) is 4.45. The Morgan fingerprint density at radius 1 is 1.36 bits per heavy atom. The van der Waals surface area contributed by atoms with Crippen LogP contribution in [-0.4, -0.2) is 13.1 Å². The van der Waals surface area contributed by atoms with Crippen LogP contribution >= 0.6 is 31.9 Å². The molecular weight excluding hydrogens is 306 g/mol. The van der Waals surface area contributed by atoms with E-state index in [4.69, 9.17) is 0 Å². The van der Waals surface area contributed by atoms with Gasteiger partial charge in [-0.15, -0.1) is 0 Å². The van der Waals surface area contributed by atoms with Crippen molar-refractivity contribution in [3.63, 3.8) is 0 Å². The van der Waals surface area contributed by atoms with E-state index in [2.05, 4.69) is 75.9 Å². The van der Waals surface area contributed by atoms with Crippen molar-refractivity contribution in [2.24, 2.45) is 0 Å². The molecule has 0 unspecified atom stereocenters. The summed E-state index contributed by atoms with van der Waals surface area (Å²) in [4.78, 5) is 2.28. The molecule has 0 aliphatic rings. The van der Waals surface area contributed by atoms with E-state index >= 15 is 0 Å². The Morgan fingerprint density at radius 2 is 2.00 bits per heavy atom. The molecule has 0 spiro atoms. The molecule has 0 N–H and O–H groups in total. The lowest BCUT2D eigenvalue weighted by Gasteiger charge is -2.26. The lowest BCUT2D eigenvalue weighted by molar-refractivity contribution is 0.752. The number of halogens is 2. The van der Waals surface area contributed by atoms with E-state index in [0.717, 1.165) is 9.80 Å². The molecular formula is C11H15Br2N. The summed E-state index contributed by atoms with van der Waals surface area (Å²) in [6.07, 6.45) is 0. The summed E-state index contributed by atoms with van der Waals surface area (Å²) < 4.78 is 1.13. The fraction of sp³-hybridized carbons (Fsp3) is 0.455. The van der Waals surface area contributed by atoms with Crippen molar-refractivity contribution in [1.82, 2.24) is 0 Å². The van der Waals surface area contributed by atoms with Crippen molar-refractivity contribution in [3.05, 3.63) is 28.2 Å². The van der Waals surface area contributed by atoms with Gasteiger partial charge in [0, 0.05) is 28.6 Å². The molecule has 0 amide bonds. The van der Waals surface area contributed by atoms with E-state index in [9.17, 15) is 0 Å². The first-order valence-corrected chi connectivity index (χ1v) is 6.55. The number of benzene rings is 1.